The molecule has 0 radical (unpaired) electrons. The van der Waals surface area contributed by atoms with Gasteiger partial charge in [0.25, 0.3) is 5.91 Å². The summed E-state index contributed by atoms with van der Waals surface area (Å²) in [7, 11) is 0. The number of rotatable bonds is 14. The van der Waals surface area contributed by atoms with E-state index in [1.807, 2.05) is 39.0 Å². The standard InChI is InChI=1S/C34H52N6O5/c1-22(2)17-18-40(33(45)39-34(3,4)5)21-29(41)27(19-23-11-7-6-8-12-23)37-32(44)28(20-30(35)42)38-31(43)26-16-15-24-13-9-10-14-25(24)36-26/h9-10,13-16,22-23,27-29,41H,6-8,11-12,17-21H2,1-5H3,(H2,35,42)(H,37,44)(H,38,43)(H,39,45)/t27-,28?,29?/m0/s1. The van der Waals surface area contributed by atoms with Crippen molar-refractivity contribution < 1.29 is 24.3 Å². The number of nitrogens with zero attached hydrogens (tertiary/aromatic N) is 2. The van der Waals surface area contributed by atoms with Crippen LogP contribution in [0.2, 0.25) is 0 Å². The third-order valence-electron chi connectivity index (χ3n) is 8.12. The van der Waals surface area contributed by atoms with Gasteiger partial charge in [-0.15, -0.1) is 0 Å². The van der Waals surface area contributed by atoms with Gasteiger partial charge in [-0.3, -0.25) is 14.4 Å². The molecule has 0 saturated heterocycles. The van der Waals surface area contributed by atoms with Crippen LogP contribution in [0.4, 0.5) is 4.79 Å². The number of aliphatic hydroxyl groups excluding tert-OH is 1. The highest BCUT2D eigenvalue weighted by Gasteiger charge is 2.33. The van der Waals surface area contributed by atoms with Crippen molar-refractivity contribution in [2.75, 3.05) is 13.1 Å². The van der Waals surface area contributed by atoms with Crippen LogP contribution in [0.3, 0.4) is 0 Å². The van der Waals surface area contributed by atoms with E-state index in [9.17, 15) is 24.3 Å². The molecule has 2 aromatic rings. The molecule has 1 aromatic heterocycles. The minimum Gasteiger partial charge on any atom is -0.389 e. The van der Waals surface area contributed by atoms with E-state index in [1.54, 1.807) is 23.1 Å². The maximum atomic E-state index is 13.7. The zero-order chi connectivity index (χ0) is 33.1. The first-order valence-corrected chi connectivity index (χ1v) is 16.2. The maximum Gasteiger partial charge on any atom is 0.317 e. The van der Waals surface area contributed by atoms with Crippen LogP contribution in [-0.2, 0) is 9.59 Å². The lowest BCUT2D eigenvalue weighted by atomic mass is 9.83. The Labute approximate surface area is 267 Å². The molecule has 248 valence electrons. The van der Waals surface area contributed by atoms with Crippen molar-refractivity contribution >= 4 is 34.7 Å². The Hall–Kier alpha value is -3.73. The number of nitrogens with two attached hydrogens (primary N) is 1. The number of fused-ring (bicyclic) bond motifs is 1. The zero-order valence-corrected chi connectivity index (χ0v) is 27.5. The Morgan fingerprint density at radius 1 is 1.02 bits per heavy atom. The van der Waals surface area contributed by atoms with Gasteiger partial charge in [-0.1, -0.05) is 70.2 Å². The Morgan fingerprint density at radius 2 is 1.71 bits per heavy atom. The van der Waals surface area contributed by atoms with Crippen LogP contribution in [0, 0.1) is 11.8 Å². The minimum absolute atomic E-state index is 0.0140. The zero-order valence-electron chi connectivity index (χ0n) is 27.5. The van der Waals surface area contributed by atoms with Gasteiger partial charge in [-0.05, 0) is 57.6 Å². The maximum absolute atomic E-state index is 13.7. The number of hydrogen-bond donors (Lipinski definition) is 5. The molecule has 1 aliphatic rings. The molecule has 1 fully saturated rings. The number of carbonyl (C=O) groups is 4. The number of nitrogens with one attached hydrogen (secondary N) is 3. The minimum atomic E-state index is -1.27. The molecule has 1 saturated carbocycles. The number of carbonyl (C=O) groups excluding carboxylic acids is 4. The molecule has 3 atom stereocenters. The molecule has 6 N–H and O–H groups in total. The fraction of sp³-hybridized carbons (Fsp3) is 0.618. The molecule has 11 heteroatoms. The number of pyridine rings is 1. The molecule has 5 amide bonds. The normalized spacial score (nSPS) is 16.1. The quantitative estimate of drug-likeness (QED) is 0.214. The molecular formula is C34H52N6O5. The SMILES string of the molecule is CC(C)CCN(CC(O)[C@H](CC1CCCCC1)NC(=O)C(CC(N)=O)NC(=O)c1ccc2ccccc2n1)C(=O)NC(C)(C)C. The smallest absolute Gasteiger partial charge is 0.317 e. The third kappa shape index (κ3) is 11.9. The van der Waals surface area contributed by atoms with E-state index in [2.05, 4.69) is 34.8 Å². The van der Waals surface area contributed by atoms with E-state index in [1.165, 1.54) is 0 Å². The fourth-order valence-electron chi connectivity index (χ4n) is 5.66. The van der Waals surface area contributed by atoms with Crippen LogP contribution >= 0.6 is 0 Å². The average molecular weight is 625 g/mol. The molecule has 2 unspecified atom stereocenters. The van der Waals surface area contributed by atoms with Crippen molar-refractivity contribution in [1.29, 1.82) is 0 Å². The molecule has 1 heterocycles. The monoisotopic (exact) mass is 624 g/mol. The summed E-state index contributed by atoms with van der Waals surface area (Å²) in [6, 6.07) is 8.39. The first kappa shape index (κ1) is 35.7. The number of primary amides is 1. The number of hydrogen-bond acceptors (Lipinski definition) is 6. The van der Waals surface area contributed by atoms with E-state index >= 15 is 0 Å². The van der Waals surface area contributed by atoms with Crippen LogP contribution < -0.4 is 21.7 Å². The first-order chi connectivity index (χ1) is 21.2. The van der Waals surface area contributed by atoms with Gasteiger partial charge in [0.2, 0.25) is 11.8 Å². The van der Waals surface area contributed by atoms with Crippen molar-refractivity contribution in [2.45, 2.75) is 110 Å². The second kappa shape index (κ2) is 16.5. The lowest BCUT2D eigenvalue weighted by Crippen LogP contribution is -2.57. The number of benzene rings is 1. The Morgan fingerprint density at radius 3 is 2.36 bits per heavy atom. The van der Waals surface area contributed by atoms with Crippen molar-refractivity contribution in [2.24, 2.45) is 17.6 Å². The summed E-state index contributed by atoms with van der Waals surface area (Å²) in [4.78, 5) is 58.1. The Kier molecular flexibility index (Phi) is 13.1. The predicted octanol–water partition coefficient (Wildman–Crippen LogP) is 3.88. The lowest BCUT2D eigenvalue weighted by molar-refractivity contribution is -0.128. The molecule has 1 aromatic carbocycles. The molecule has 0 bridgehead atoms. The molecular weight excluding hydrogens is 572 g/mol. The average Bonchev–Trinajstić information content (AvgIpc) is 2.97. The summed E-state index contributed by atoms with van der Waals surface area (Å²) in [6.45, 7) is 10.3. The number of aliphatic hydroxyl groups is 1. The van der Waals surface area contributed by atoms with Gasteiger partial charge in [-0.2, -0.15) is 0 Å². The van der Waals surface area contributed by atoms with Crippen molar-refractivity contribution in [3.05, 3.63) is 42.1 Å². The van der Waals surface area contributed by atoms with Gasteiger partial charge >= 0.3 is 6.03 Å². The molecule has 0 aliphatic heterocycles. The van der Waals surface area contributed by atoms with Crippen LogP contribution in [0.15, 0.2) is 36.4 Å². The summed E-state index contributed by atoms with van der Waals surface area (Å²) in [6.07, 6.45) is 5.03. The summed E-state index contributed by atoms with van der Waals surface area (Å²) < 4.78 is 0. The number of amides is 5. The summed E-state index contributed by atoms with van der Waals surface area (Å²) in [5, 5.41) is 21.0. The molecule has 3 rings (SSSR count). The van der Waals surface area contributed by atoms with Gasteiger partial charge in [0, 0.05) is 17.5 Å². The molecule has 1 aliphatic carbocycles. The van der Waals surface area contributed by atoms with Crippen molar-refractivity contribution in [3.63, 3.8) is 0 Å². The number of para-hydroxylation sites is 1. The highest BCUT2D eigenvalue weighted by Crippen LogP contribution is 2.28. The van der Waals surface area contributed by atoms with Crippen molar-refractivity contribution in [3.8, 4) is 0 Å². The predicted molar refractivity (Wildman–Crippen MR) is 175 cm³/mol. The van der Waals surface area contributed by atoms with Crippen LogP contribution in [-0.4, -0.2) is 75.6 Å². The lowest BCUT2D eigenvalue weighted by Gasteiger charge is -2.35. The van der Waals surface area contributed by atoms with Gasteiger partial charge in [0.15, 0.2) is 0 Å². The second-order valence-electron chi connectivity index (χ2n) is 13.8. The largest absolute Gasteiger partial charge is 0.389 e. The van der Waals surface area contributed by atoms with E-state index in [4.69, 9.17) is 5.73 Å². The topological polar surface area (TPSA) is 167 Å². The van der Waals surface area contributed by atoms with Crippen LogP contribution in [0.25, 0.3) is 10.9 Å². The van der Waals surface area contributed by atoms with Crippen molar-refractivity contribution in [1.82, 2.24) is 25.8 Å². The van der Waals surface area contributed by atoms with E-state index in [0.29, 0.717) is 24.4 Å². The Bertz CT molecular complexity index is 1300. The molecule has 45 heavy (non-hydrogen) atoms. The van der Waals surface area contributed by atoms with E-state index < -0.39 is 47.9 Å². The van der Waals surface area contributed by atoms with Crippen LogP contribution in [0.5, 0.6) is 0 Å². The Balaban J connectivity index is 1.80. The van der Waals surface area contributed by atoms with Gasteiger partial charge in [0.05, 0.1) is 30.6 Å². The highest BCUT2D eigenvalue weighted by molar-refractivity contribution is 5.99. The van der Waals surface area contributed by atoms with Gasteiger partial charge < -0.3 is 31.7 Å². The highest BCUT2D eigenvalue weighted by atomic mass is 16.3. The fourth-order valence-corrected chi connectivity index (χ4v) is 5.66. The van der Waals surface area contributed by atoms with E-state index in [-0.39, 0.29) is 24.2 Å². The molecule has 0 spiro atoms. The van der Waals surface area contributed by atoms with Gasteiger partial charge in [-0.25, -0.2) is 9.78 Å². The summed E-state index contributed by atoms with van der Waals surface area (Å²) in [5.74, 6) is -1.37. The third-order valence-corrected chi connectivity index (χ3v) is 8.12. The summed E-state index contributed by atoms with van der Waals surface area (Å²) in [5.41, 5.74) is 5.73. The second-order valence-corrected chi connectivity index (χ2v) is 13.8. The van der Waals surface area contributed by atoms with Crippen LogP contribution in [0.1, 0.15) is 96.5 Å². The first-order valence-electron chi connectivity index (χ1n) is 16.2. The number of urea groups is 1. The summed E-state index contributed by atoms with van der Waals surface area (Å²) >= 11 is 0. The van der Waals surface area contributed by atoms with Gasteiger partial charge in [0.1, 0.15) is 11.7 Å². The number of aromatic nitrogens is 1. The molecule has 11 nitrogen and oxygen atoms in total. The van der Waals surface area contributed by atoms with E-state index in [0.717, 1.165) is 43.9 Å².